The van der Waals surface area contributed by atoms with E-state index in [-0.39, 0.29) is 14.5 Å². The van der Waals surface area contributed by atoms with Gasteiger partial charge in [0.1, 0.15) is 5.75 Å². The maximum absolute atomic E-state index is 12.2. The molecule has 3 rings (SSSR count). The van der Waals surface area contributed by atoms with E-state index in [0.29, 0.717) is 0 Å². The summed E-state index contributed by atoms with van der Waals surface area (Å²) in [4.78, 5) is 0. The lowest BCUT2D eigenvalue weighted by Gasteiger charge is -2.37. The molecule has 1 nitrogen and oxygen atoms in total. The molecule has 1 aliphatic carbocycles. The minimum atomic E-state index is -4.61. The Kier molecular flexibility index (Phi) is 7.90. The zero-order valence-electron chi connectivity index (χ0n) is 17.1. The highest BCUT2D eigenvalue weighted by molar-refractivity contribution is 6.58. The molecule has 0 spiro atoms. The van der Waals surface area contributed by atoms with Gasteiger partial charge in [-0.1, -0.05) is 69.3 Å². The fraction of sp³-hybridized carbons (Fsp3) is 0.739. The molecule has 28 heavy (non-hydrogen) atoms. The zero-order valence-corrected chi connectivity index (χ0v) is 18.3. The van der Waals surface area contributed by atoms with E-state index in [1.807, 2.05) is 0 Å². The van der Waals surface area contributed by atoms with Crippen LogP contribution < -0.4 is 4.74 Å². The number of ether oxygens (including phenoxy) is 1. The molecule has 1 aliphatic heterocycles. The van der Waals surface area contributed by atoms with Crippen LogP contribution in [0.4, 0.5) is 13.2 Å². The van der Waals surface area contributed by atoms with Crippen LogP contribution >= 0.6 is 0 Å². The molecule has 1 saturated heterocycles. The van der Waals surface area contributed by atoms with Crippen molar-refractivity contribution in [3.8, 4) is 5.75 Å². The molecule has 0 amide bonds. The Morgan fingerprint density at radius 3 is 2.11 bits per heavy atom. The van der Waals surface area contributed by atoms with Crippen LogP contribution in [0.25, 0.3) is 0 Å². The summed E-state index contributed by atoms with van der Waals surface area (Å²) in [6.45, 7) is 2.34. The average molecular weight is 413 g/mol. The van der Waals surface area contributed by atoms with E-state index in [2.05, 4.69) is 11.7 Å². The number of alkyl halides is 3. The van der Waals surface area contributed by atoms with Crippen molar-refractivity contribution in [3.63, 3.8) is 0 Å². The molecule has 2 fully saturated rings. The highest BCUT2D eigenvalue weighted by atomic mass is 28.3. The lowest BCUT2D eigenvalue weighted by Crippen LogP contribution is -2.28. The summed E-state index contributed by atoms with van der Waals surface area (Å²) in [7, 11) is -0.365. The van der Waals surface area contributed by atoms with Crippen LogP contribution in [0.1, 0.15) is 63.9 Å². The lowest BCUT2D eigenvalue weighted by molar-refractivity contribution is -0.274. The summed E-state index contributed by atoms with van der Waals surface area (Å²) in [5.41, 5.74) is 1.11. The van der Waals surface area contributed by atoms with Crippen LogP contribution in [0.3, 0.4) is 0 Å². The molecule has 0 N–H and O–H groups in total. The molecular weight excluding hydrogens is 377 g/mol. The Bertz CT molecular complexity index is 571. The van der Waals surface area contributed by atoms with Crippen LogP contribution in [0.5, 0.6) is 5.75 Å². The van der Waals surface area contributed by atoms with Crippen molar-refractivity contribution in [1.29, 1.82) is 0 Å². The van der Waals surface area contributed by atoms with Gasteiger partial charge in [0.25, 0.3) is 0 Å². The van der Waals surface area contributed by atoms with E-state index < -0.39 is 6.36 Å². The maximum Gasteiger partial charge on any atom is 0.573 e. The van der Waals surface area contributed by atoms with Crippen LogP contribution in [0.15, 0.2) is 24.3 Å². The van der Waals surface area contributed by atoms with Crippen LogP contribution in [-0.2, 0) is 6.42 Å². The fourth-order valence-electron chi connectivity index (χ4n) is 5.53. The molecule has 5 heteroatoms. The van der Waals surface area contributed by atoms with Gasteiger partial charge in [0.2, 0.25) is 0 Å². The van der Waals surface area contributed by atoms with E-state index in [9.17, 15) is 13.2 Å². The first-order valence-electron chi connectivity index (χ1n) is 11.3. The Hall–Kier alpha value is -0.973. The van der Waals surface area contributed by atoms with Crippen LogP contribution in [-0.4, -0.2) is 15.2 Å². The quantitative estimate of drug-likeness (QED) is 0.425. The fourth-order valence-corrected chi connectivity index (χ4v) is 9.02. The summed E-state index contributed by atoms with van der Waals surface area (Å²) in [6.07, 6.45) is 7.39. The third kappa shape index (κ3) is 6.82. The SMILES string of the molecule is CCC[SiH]1CCC([C@H]2CC[C@H](CCc3ccc(OC(F)(F)F)cc3)CC2)CC1. The lowest BCUT2D eigenvalue weighted by atomic mass is 9.73. The molecular formula is C23H35F3OSi. The van der Waals surface area contributed by atoms with Gasteiger partial charge in [0, 0.05) is 8.80 Å². The first-order valence-corrected chi connectivity index (χ1v) is 13.7. The predicted octanol–water partition coefficient (Wildman–Crippen LogP) is 7.37. The third-order valence-corrected chi connectivity index (χ3v) is 10.8. The van der Waals surface area contributed by atoms with Crippen molar-refractivity contribution in [2.24, 2.45) is 17.8 Å². The number of aryl methyl sites for hydroxylation is 1. The third-order valence-electron chi connectivity index (χ3n) is 7.14. The highest BCUT2D eigenvalue weighted by Gasteiger charge is 2.32. The molecule has 0 bridgehead atoms. The van der Waals surface area contributed by atoms with Crippen LogP contribution in [0, 0.1) is 17.8 Å². The topological polar surface area (TPSA) is 9.23 Å². The summed E-state index contributed by atoms with van der Waals surface area (Å²) in [6, 6.07) is 11.1. The van der Waals surface area contributed by atoms with Crippen molar-refractivity contribution >= 4 is 8.80 Å². The minimum absolute atomic E-state index is 0.131. The first-order chi connectivity index (χ1) is 13.4. The van der Waals surface area contributed by atoms with E-state index in [0.717, 1.165) is 36.2 Å². The molecule has 0 radical (unpaired) electrons. The average Bonchev–Trinajstić information content (AvgIpc) is 2.68. The van der Waals surface area contributed by atoms with Crippen molar-refractivity contribution < 1.29 is 17.9 Å². The second-order valence-electron chi connectivity index (χ2n) is 9.08. The van der Waals surface area contributed by atoms with Gasteiger partial charge in [-0.25, -0.2) is 0 Å². The van der Waals surface area contributed by atoms with Crippen molar-refractivity contribution in [3.05, 3.63) is 29.8 Å². The highest BCUT2D eigenvalue weighted by Crippen LogP contribution is 2.41. The summed E-state index contributed by atoms with van der Waals surface area (Å²) >= 11 is 0. The van der Waals surface area contributed by atoms with Gasteiger partial charge >= 0.3 is 6.36 Å². The second-order valence-corrected chi connectivity index (χ2v) is 12.5. The van der Waals surface area contributed by atoms with E-state index >= 15 is 0 Å². The number of benzene rings is 1. The maximum atomic E-state index is 12.2. The smallest absolute Gasteiger partial charge is 0.406 e. The Labute approximate surface area is 169 Å². The minimum Gasteiger partial charge on any atom is -0.406 e. The van der Waals surface area contributed by atoms with Gasteiger partial charge in [0.15, 0.2) is 0 Å². The van der Waals surface area contributed by atoms with Gasteiger partial charge in [0.05, 0.1) is 0 Å². The molecule has 158 valence electrons. The van der Waals surface area contributed by atoms with Gasteiger partial charge in [-0.05, 0) is 61.1 Å². The van der Waals surface area contributed by atoms with Gasteiger partial charge in [-0.3, -0.25) is 0 Å². The zero-order chi connectivity index (χ0) is 20.0. The van der Waals surface area contributed by atoms with Crippen molar-refractivity contribution in [2.75, 3.05) is 0 Å². The van der Waals surface area contributed by atoms with Gasteiger partial charge in [-0.15, -0.1) is 13.2 Å². The Balaban J connectivity index is 1.36. The number of hydrogen-bond acceptors (Lipinski definition) is 1. The van der Waals surface area contributed by atoms with E-state index in [1.54, 1.807) is 30.3 Å². The molecule has 1 aromatic rings. The predicted molar refractivity (Wildman–Crippen MR) is 111 cm³/mol. The molecule has 1 heterocycles. The van der Waals surface area contributed by atoms with E-state index in [1.165, 1.54) is 57.1 Å². The number of rotatable bonds is 7. The molecule has 2 aliphatic rings. The molecule has 1 aromatic carbocycles. The standard InChI is InChI=1S/C23H35F3OSi/c1-2-15-28-16-13-21(14-17-28)20-9-5-18(6-10-20)3-4-19-7-11-22(12-8-19)27-23(24,25)26/h7-8,11-12,18,20-21,28H,2-6,9-10,13-17H2,1H3/t18-,20-,21?,28?. The number of halogens is 3. The largest absolute Gasteiger partial charge is 0.573 e. The molecule has 0 atom stereocenters. The molecule has 1 saturated carbocycles. The Morgan fingerprint density at radius 1 is 0.929 bits per heavy atom. The summed E-state index contributed by atoms with van der Waals surface area (Å²) < 4.78 is 40.6. The van der Waals surface area contributed by atoms with Gasteiger partial charge < -0.3 is 4.74 Å². The van der Waals surface area contributed by atoms with Crippen LogP contribution in [0.2, 0.25) is 18.1 Å². The normalized spacial score (nSPS) is 28.9. The summed E-state index contributed by atoms with van der Waals surface area (Å²) in [5.74, 6) is 2.62. The van der Waals surface area contributed by atoms with Crippen molar-refractivity contribution in [1.82, 2.24) is 0 Å². The second kappa shape index (κ2) is 10.2. The molecule has 0 aromatic heterocycles. The van der Waals surface area contributed by atoms with E-state index in [4.69, 9.17) is 0 Å². The molecule has 0 unspecified atom stereocenters. The first kappa shape index (κ1) is 21.7. The van der Waals surface area contributed by atoms with Gasteiger partial charge in [-0.2, -0.15) is 0 Å². The number of hydrogen-bond donors (Lipinski definition) is 0. The Morgan fingerprint density at radius 2 is 1.54 bits per heavy atom. The van der Waals surface area contributed by atoms with Crippen molar-refractivity contribution in [2.45, 2.75) is 89.2 Å². The summed E-state index contributed by atoms with van der Waals surface area (Å²) in [5, 5.41) is 0. The monoisotopic (exact) mass is 412 g/mol.